The van der Waals surface area contributed by atoms with Crippen LogP contribution in [0.25, 0.3) is 10.2 Å². The van der Waals surface area contributed by atoms with E-state index in [1.807, 2.05) is 30.3 Å². The number of nitrogens with two attached hydrogens (primary N) is 1. The van der Waals surface area contributed by atoms with E-state index < -0.39 is 29.5 Å². The molecule has 0 aliphatic rings. The number of nitrogens with one attached hydrogen (secondary N) is 1. The van der Waals surface area contributed by atoms with Crippen LogP contribution in [-0.2, 0) is 16.1 Å². The number of amides is 1. The van der Waals surface area contributed by atoms with Crippen molar-refractivity contribution in [3.8, 4) is 0 Å². The van der Waals surface area contributed by atoms with Gasteiger partial charge in [0.05, 0.1) is 27.3 Å². The van der Waals surface area contributed by atoms with Crippen molar-refractivity contribution in [2.24, 2.45) is 5.73 Å². The second kappa shape index (κ2) is 11.9. The van der Waals surface area contributed by atoms with Crippen LogP contribution in [0.1, 0.15) is 66.3 Å². The van der Waals surface area contributed by atoms with Gasteiger partial charge in [0, 0.05) is 5.56 Å². The first-order valence-corrected chi connectivity index (χ1v) is 12.4. The van der Waals surface area contributed by atoms with Crippen molar-refractivity contribution in [3.63, 3.8) is 0 Å². The first-order chi connectivity index (χ1) is 16.7. The Balaban J connectivity index is 1.91. The largest absolute Gasteiger partial charge is 0.457 e. The molecular formula is C26H31N3O5S. The Morgan fingerprint density at radius 2 is 1.83 bits per heavy atom. The van der Waals surface area contributed by atoms with E-state index in [-0.39, 0.29) is 17.7 Å². The summed E-state index contributed by atoms with van der Waals surface area (Å²) in [5.74, 6) is -1.05. The zero-order valence-electron chi connectivity index (χ0n) is 20.2. The Bertz CT molecular complexity index is 1170. The fraction of sp³-hybridized carbons (Fsp3) is 0.385. The standard InChI is InChI=1S/C26H31N3O5S/c1-26(2,3)34-25(32)29-19(11-7-8-14-27)23(30)18-12-13-20-22(28-16-35-20)21(18)24(31)33-15-17-9-5-4-6-10-17/h4-6,9-10,12-13,16,19H,7-8,11,14-15,27H2,1-3H3,(H,29,32)/t19-/m0/s1. The summed E-state index contributed by atoms with van der Waals surface area (Å²) < 4.78 is 11.7. The summed E-state index contributed by atoms with van der Waals surface area (Å²) in [4.78, 5) is 43.7. The zero-order chi connectivity index (χ0) is 25.4. The SMILES string of the molecule is CC(C)(C)OC(=O)N[C@@H](CCCCN)C(=O)c1ccc2scnc2c1C(=O)OCc1ccccc1. The molecule has 0 saturated heterocycles. The van der Waals surface area contributed by atoms with Crippen LogP contribution in [0.5, 0.6) is 0 Å². The lowest BCUT2D eigenvalue weighted by atomic mass is 9.95. The molecule has 35 heavy (non-hydrogen) atoms. The number of hydrogen-bond donors (Lipinski definition) is 2. The number of ether oxygens (including phenoxy) is 2. The number of hydrogen-bond acceptors (Lipinski definition) is 8. The molecule has 1 atom stereocenters. The van der Waals surface area contributed by atoms with Gasteiger partial charge in [-0.15, -0.1) is 11.3 Å². The number of fused-ring (bicyclic) bond motifs is 1. The molecule has 3 aromatic rings. The first-order valence-electron chi connectivity index (χ1n) is 11.5. The number of aromatic nitrogens is 1. The molecule has 1 heterocycles. The van der Waals surface area contributed by atoms with E-state index in [0.717, 1.165) is 10.3 Å². The average molecular weight is 498 g/mol. The predicted octanol–water partition coefficient (Wildman–Crippen LogP) is 4.86. The van der Waals surface area contributed by atoms with Crippen LogP contribution >= 0.6 is 11.3 Å². The third-order valence-corrected chi connectivity index (χ3v) is 5.93. The van der Waals surface area contributed by atoms with Crippen LogP contribution in [0.2, 0.25) is 0 Å². The summed E-state index contributed by atoms with van der Waals surface area (Å²) >= 11 is 1.36. The van der Waals surface area contributed by atoms with Crippen molar-refractivity contribution < 1.29 is 23.9 Å². The molecule has 1 amide bonds. The van der Waals surface area contributed by atoms with Crippen molar-refractivity contribution in [2.45, 2.75) is 58.3 Å². The van der Waals surface area contributed by atoms with Gasteiger partial charge >= 0.3 is 12.1 Å². The fourth-order valence-electron chi connectivity index (χ4n) is 3.54. The lowest BCUT2D eigenvalue weighted by Crippen LogP contribution is -2.44. The van der Waals surface area contributed by atoms with Crippen molar-refractivity contribution in [3.05, 3.63) is 64.7 Å². The van der Waals surface area contributed by atoms with Crippen LogP contribution in [0.3, 0.4) is 0 Å². The highest BCUT2D eigenvalue weighted by atomic mass is 32.1. The molecule has 0 aliphatic carbocycles. The number of carbonyl (C=O) groups excluding carboxylic acids is 3. The normalized spacial score (nSPS) is 12.2. The van der Waals surface area contributed by atoms with Gasteiger partial charge in [-0.2, -0.15) is 0 Å². The Morgan fingerprint density at radius 3 is 2.51 bits per heavy atom. The first kappa shape index (κ1) is 26.3. The molecule has 8 nitrogen and oxygen atoms in total. The van der Waals surface area contributed by atoms with Crippen LogP contribution < -0.4 is 11.1 Å². The Kier molecular flexibility index (Phi) is 8.95. The van der Waals surface area contributed by atoms with E-state index in [9.17, 15) is 14.4 Å². The fourth-order valence-corrected chi connectivity index (χ4v) is 4.22. The van der Waals surface area contributed by atoms with E-state index in [1.54, 1.807) is 38.4 Å². The molecule has 0 fully saturated rings. The number of ketones is 1. The minimum Gasteiger partial charge on any atom is -0.457 e. The molecule has 2 aromatic carbocycles. The lowest BCUT2D eigenvalue weighted by molar-refractivity contribution is 0.0471. The topological polar surface area (TPSA) is 121 Å². The summed E-state index contributed by atoms with van der Waals surface area (Å²) in [6.07, 6.45) is 0.960. The van der Waals surface area contributed by atoms with E-state index in [2.05, 4.69) is 10.3 Å². The van der Waals surface area contributed by atoms with Crippen LogP contribution in [0.15, 0.2) is 48.0 Å². The molecule has 0 unspecified atom stereocenters. The quantitative estimate of drug-likeness (QED) is 0.233. The maximum absolute atomic E-state index is 13.7. The average Bonchev–Trinajstić information content (AvgIpc) is 3.29. The van der Waals surface area contributed by atoms with Gasteiger partial charge in [0.25, 0.3) is 0 Å². The number of nitrogens with zero attached hydrogens (tertiary/aromatic N) is 1. The molecule has 3 rings (SSSR count). The molecule has 9 heteroatoms. The predicted molar refractivity (Wildman–Crippen MR) is 136 cm³/mol. The van der Waals surface area contributed by atoms with E-state index >= 15 is 0 Å². The highest BCUT2D eigenvalue weighted by Crippen LogP contribution is 2.27. The summed E-state index contributed by atoms with van der Waals surface area (Å²) in [5, 5.41) is 2.68. The second-order valence-electron chi connectivity index (χ2n) is 9.10. The molecule has 0 aliphatic heterocycles. The molecule has 3 N–H and O–H groups in total. The van der Waals surface area contributed by atoms with E-state index in [4.69, 9.17) is 15.2 Å². The van der Waals surface area contributed by atoms with Crippen LogP contribution in [0.4, 0.5) is 4.79 Å². The smallest absolute Gasteiger partial charge is 0.408 e. The minimum absolute atomic E-state index is 0.0594. The third kappa shape index (κ3) is 7.34. The Hall–Kier alpha value is -3.30. The number of benzene rings is 2. The van der Waals surface area contributed by atoms with Gasteiger partial charge < -0.3 is 20.5 Å². The maximum atomic E-state index is 13.7. The zero-order valence-corrected chi connectivity index (χ0v) is 21.0. The molecule has 0 radical (unpaired) electrons. The van der Waals surface area contributed by atoms with Crippen molar-refractivity contribution in [2.75, 3.05) is 6.54 Å². The molecular weight excluding hydrogens is 466 g/mol. The molecule has 0 saturated carbocycles. The monoisotopic (exact) mass is 497 g/mol. The summed E-state index contributed by atoms with van der Waals surface area (Å²) in [6, 6.07) is 11.7. The van der Waals surface area contributed by atoms with Gasteiger partial charge in [-0.05, 0) is 64.3 Å². The van der Waals surface area contributed by atoms with Crippen LogP contribution in [-0.4, -0.2) is 41.0 Å². The van der Waals surface area contributed by atoms with E-state index in [1.165, 1.54) is 11.3 Å². The summed E-state index contributed by atoms with van der Waals surface area (Å²) in [7, 11) is 0. The minimum atomic E-state index is -0.895. The van der Waals surface area contributed by atoms with Crippen molar-refractivity contribution in [1.82, 2.24) is 10.3 Å². The molecule has 1 aromatic heterocycles. The third-order valence-electron chi connectivity index (χ3n) is 5.14. The highest BCUT2D eigenvalue weighted by Gasteiger charge is 2.30. The molecule has 186 valence electrons. The van der Waals surface area contributed by atoms with Crippen molar-refractivity contribution >= 4 is 39.4 Å². The Morgan fingerprint density at radius 1 is 1.09 bits per heavy atom. The number of carbonyl (C=O) groups is 3. The van der Waals surface area contributed by atoms with Gasteiger partial charge in [0.15, 0.2) is 5.78 Å². The van der Waals surface area contributed by atoms with Crippen LogP contribution in [0, 0.1) is 0 Å². The van der Waals surface area contributed by atoms with Crippen molar-refractivity contribution in [1.29, 1.82) is 0 Å². The highest BCUT2D eigenvalue weighted by molar-refractivity contribution is 7.16. The summed E-state index contributed by atoms with van der Waals surface area (Å²) in [6.45, 7) is 5.76. The maximum Gasteiger partial charge on any atom is 0.408 e. The van der Waals surface area contributed by atoms with Gasteiger partial charge in [-0.1, -0.05) is 30.3 Å². The number of esters is 1. The van der Waals surface area contributed by atoms with Gasteiger partial charge in [-0.3, -0.25) is 4.79 Å². The Labute approximate surface area is 208 Å². The number of Topliss-reactive ketones (excluding diaryl/α,β-unsaturated/α-hetero) is 1. The number of alkyl carbamates (subject to hydrolysis) is 1. The summed E-state index contributed by atoms with van der Waals surface area (Å²) in [5.41, 5.74) is 7.98. The van der Waals surface area contributed by atoms with E-state index in [0.29, 0.717) is 31.3 Å². The number of thiazole rings is 1. The lowest BCUT2D eigenvalue weighted by Gasteiger charge is -2.23. The number of rotatable bonds is 10. The van der Waals surface area contributed by atoms with Gasteiger partial charge in [-0.25, -0.2) is 14.6 Å². The molecule has 0 spiro atoms. The molecule has 0 bridgehead atoms. The second-order valence-corrected chi connectivity index (χ2v) is 9.98. The van der Waals surface area contributed by atoms with Gasteiger partial charge in [0.1, 0.15) is 12.2 Å². The van der Waals surface area contributed by atoms with Gasteiger partial charge in [0.2, 0.25) is 0 Å². The number of unbranched alkanes of at least 4 members (excludes halogenated alkanes) is 1.